The molecule has 0 saturated heterocycles. The fourth-order valence-corrected chi connectivity index (χ4v) is 2.16. The molecule has 1 aliphatic carbocycles. The van der Waals surface area contributed by atoms with Gasteiger partial charge in [0.05, 0.1) is 0 Å². The molecule has 0 atom stereocenters. The van der Waals surface area contributed by atoms with Gasteiger partial charge in [-0.25, -0.2) is 9.50 Å². The van der Waals surface area contributed by atoms with Gasteiger partial charge in [-0.1, -0.05) is 0 Å². The third-order valence-corrected chi connectivity index (χ3v) is 2.89. The fraction of sp³-hybridized carbons (Fsp3) is 0.400. The summed E-state index contributed by atoms with van der Waals surface area (Å²) < 4.78 is 1.66. The van der Waals surface area contributed by atoms with Gasteiger partial charge < -0.3 is 0 Å². The summed E-state index contributed by atoms with van der Waals surface area (Å²) in [5, 5.41) is 4.08. The summed E-state index contributed by atoms with van der Waals surface area (Å²) in [5.74, 6) is 0.740. The Kier molecular flexibility index (Phi) is 1.62. The van der Waals surface area contributed by atoms with E-state index in [1.807, 2.05) is 6.92 Å². The van der Waals surface area contributed by atoms with E-state index in [0.717, 1.165) is 30.7 Å². The number of aryl methyl sites for hydroxylation is 2. The Labute approximate surface area is 86.2 Å². The van der Waals surface area contributed by atoms with E-state index in [4.69, 9.17) is 0 Å². The summed E-state index contributed by atoms with van der Waals surface area (Å²) in [7, 11) is 0. The van der Waals surface area contributed by atoms with E-state index >= 15 is 0 Å². The van der Waals surface area contributed by atoms with Gasteiger partial charge in [0.2, 0.25) is 5.82 Å². The second-order valence-electron chi connectivity index (χ2n) is 3.78. The van der Waals surface area contributed by atoms with Crippen LogP contribution in [0.5, 0.6) is 0 Å². The lowest BCUT2D eigenvalue weighted by atomic mass is 10.2. The maximum absolute atomic E-state index is 10.6. The number of carbonyl (C=O) groups excluding carboxylic acids is 1. The van der Waals surface area contributed by atoms with E-state index < -0.39 is 0 Å². The van der Waals surface area contributed by atoms with Gasteiger partial charge in [-0.3, -0.25) is 4.79 Å². The molecule has 0 aliphatic heterocycles. The van der Waals surface area contributed by atoms with Gasteiger partial charge >= 0.3 is 0 Å². The Morgan fingerprint density at radius 3 is 3.00 bits per heavy atom. The second-order valence-corrected chi connectivity index (χ2v) is 3.78. The first kappa shape index (κ1) is 8.52. The molecule has 0 aromatic carbocycles. The summed E-state index contributed by atoms with van der Waals surface area (Å²) in [6.45, 7) is 2.00. The Balaban J connectivity index is 2.37. The number of hydrogen-bond donors (Lipinski definition) is 0. The van der Waals surface area contributed by atoms with Crippen molar-refractivity contribution in [3.63, 3.8) is 0 Å². The molecule has 0 N–H and O–H groups in total. The molecule has 0 saturated carbocycles. The van der Waals surface area contributed by atoms with E-state index in [0.29, 0.717) is 12.1 Å². The number of carbonyl (C=O) groups is 1. The van der Waals surface area contributed by atoms with Crippen LogP contribution in [-0.4, -0.2) is 25.9 Å². The molecule has 5 nitrogen and oxygen atoms in total. The predicted molar refractivity (Wildman–Crippen MR) is 52.9 cm³/mol. The van der Waals surface area contributed by atoms with Crippen LogP contribution in [-0.2, 0) is 12.8 Å². The van der Waals surface area contributed by atoms with Crippen LogP contribution in [0.15, 0.2) is 0 Å². The molecule has 0 spiro atoms. The molecule has 0 amide bonds. The molecule has 3 rings (SSSR count). The first-order chi connectivity index (χ1) is 7.29. The minimum absolute atomic E-state index is 0.203. The van der Waals surface area contributed by atoms with Crippen LogP contribution >= 0.6 is 0 Å². The first-order valence-electron chi connectivity index (χ1n) is 5.00. The number of rotatable bonds is 1. The molecule has 2 heterocycles. The molecule has 0 bridgehead atoms. The highest BCUT2D eigenvalue weighted by Gasteiger charge is 2.19. The van der Waals surface area contributed by atoms with Crippen molar-refractivity contribution in [1.82, 2.24) is 19.6 Å². The summed E-state index contributed by atoms with van der Waals surface area (Å²) >= 11 is 0. The highest BCUT2D eigenvalue weighted by Crippen LogP contribution is 2.23. The normalized spacial score (nSPS) is 14.5. The van der Waals surface area contributed by atoms with Crippen molar-refractivity contribution in [2.24, 2.45) is 0 Å². The first-order valence-corrected chi connectivity index (χ1v) is 5.00. The van der Waals surface area contributed by atoms with Crippen LogP contribution in [0.3, 0.4) is 0 Å². The molecule has 0 fully saturated rings. The van der Waals surface area contributed by atoms with Gasteiger partial charge in [-0.05, 0) is 31.7 Å². The van der Waals surface area contributed by atoms with E-state index in [-0.39, 0.29) is 5.82 Å². The number of aldehydes is 1. The van der Waals surface area contributed by atoms with E-state index in [1.165, 1.54) is 5.56 Å². The number of hydrogen-bond acceptors (Lipinski definition) is 4. The molecule has 0 radical (unpaired) electrons. The summed E-state index contributed by atoms with van der Waals surface area (Å²) in [6.07, 6.45) is 3.87. The zero-order valence-electron chi connectivity index (χ0n) is 8.40. The maximum atomic E-state index is 10.6. The zero-order chi connectivity index (χ0) is 10.4. The summed E-state index contributed by atoms with van der Waals surface area (Å²) in [5.41, 5.74) is 3.45. The minimum atomic E-state index is 0.203. The van der Waals surface area contributed by atoms with Gasteiger partial charge in [0.15, 0.2) is 6.29 Å². The van der Waals surface area contributed by atoms with Gasteiger partial charge in [-0.15, -0.1) is 5.10 Å². The van der Waals surface area contributed by atoms with Gasteiger partial charge in [0, 0.05) is 11.4 Å². The van der Waals surface area contributed by atoms with Crippen molar-refractivity contribution < 1.29 is 4.79 Å². The van der Waals surface area contributed by atoms with Crippen molar-refractivity contribution in [2.45, 2.75) is 26.2 Å². The minimum Gasteiger partial charge on any atom is -0.294 e. The average molecular weight is 202 g/mol. The van der Waals surface area contributed by atoms with Crippen molar-refractivity contribution in [1.29, 1.82) is 0 Å². The Hall–Kier alpha value is -1.78. The SMILES string of the molecule is Cc1c2c(nc3nc(C=O)nn13)CCC2. The molecule has 2 aromatic heterocycles. The molecule has 15 heavy (non-hydrogen) atoms. The van der Waals surface area contributed by atoms with Crippen molar-refractivity contribution >= 4 is 12.1 Å². The standard InChI is InChI=1S/C10H10N4O/c1-6-7-3-2-4-8(7)11-10-12-9(5-15)13-14(6)10/h5H,2-4H2,1H3. The van der Waals surface area contributed by atoms with E-state index in [9.17, 15) is 4.79 Å². The lowest BCUT2D eigenvalue weighted by Crippen LogP contribution is -2.03. The molecule has 1 aliphatic rings. The molecule has 0 unspecified atom stereocenters. The number of nitrogens with zero attached hydrogens (tertiary/aromatic N) is 4. The highest BCUT2D eigenvalue weighted by molar-refractivity contribution is 5.69. The van der Waals surface area contributed by atoms with Gasteiger partial charge in [0.1, 0.15) is 0 Å². The second kappa shape index (κ2) is 2.85. The third kappa shape index (κ3) is 1.09. The highest BCUT2D eigenvalue weighted by atomic mass is 16.1. The maximum Gasteiger partial charge on any atom is 0.253 e. The van der Waals surface area contributed by atoms with Crippen LogP contribution in [0.4, 0.5) is 0 Å². The van der Waals surface area contributed by atoms with Gasteiger partial charge in [-0.2, -0.15) is 4.98 Å². The van der Waals surface area contributed by atoms with Crippen LogP contribution in [0.2, 0.25) is 0 Å². The number of aromatic nitrogens is 4. The summed E-state index contributed by atoms with van der Waals surface area (Å²) in [6, 6.07) is 0. The van der Waals surface area contributed by atoms with Crippen LogP contribution in [0.25, 0.3) is 5.78 Å². The lowest BCUT2D eigenvalue weighted by Gasteiger charge is -2.03. The van der Waals surface area contributed by atoms with Crippen LogP contribution in [0.1, 0.15) is 34.0 Å². The van der Waals surface area contributed by atoms with Crippen molar-refractivity contribution in [2.75, 3.05) is 0 Å². The average Bonchev–Trinajstić information content (AvgIpc) is 2.83. The van der Waals surface area contributed by atoms with E-state index in [1.54, 1.807) is 4.52 Å². The Morgan fingerprint density at radius 1 is 1.33 bits per heavy atom. The van der Waals surface area contributed by atoms with Crippen molar-refractivity contribution in [3.8, 4) is 0 Å². The summed E-state index contributed by atoms with van der Waals surface area (Å²) in [4.78, 5) is 19.0. The molecular weight excluding hydrogens is 192 g/mol. The zero-order valence-corrected chi connectivity index (χ0v) is 8.40. The Bertz CT molecular complexity index is 558. The quantitative estimate of drug-likeness (QED) is 0.640. The predicted octanol–water partition coefficient (Wildman–Crippen LogP) is 0.734. The number of fused-ring (bicyclic) bond motifs is 2. The largest absolute Gasteiger partial charge is 0.294 e. The molecule has 76 valence electrons. The Morgan fingerprint density at radius 2 is 2.20 bits per heavy atom. The monoisotopic (exact) mass is 202 g/mol. The third-order valence-electron chi connectivity index (χ3n) is 2.89. The van der Waals surface area contributed by atoms with Crippen LogP contribution in [0, 0.1) is 6.92 Å². The van der Waals surface area contributed by atoms with Crippen molar-refractivity contribution in [3.05, 3.63) is 22.8 Å². The molecular formula is C10H10N4O. The molecule has 5 heteroatoms. The smallest absolute Gasteiger partial charge is 0.253 e. The van der Waals surface area contributed by atoms with Gasteiger partial charge in [0.25, 0.3) is 5.78 Å². The lowest BCUT2D eigenvalue weighted by molar-refractivity contribution is 0.111. The topological polar surface area (TPSA) is 60.2 Å². The van der Waals surface area contributed by atoms with Crippen LogP contribution < -0.4 is 0 Å². The fourth-order valence-electron chi connectivity index (χ4n) is 2.16. The van der Waals surface area contributed by atoms with E-state index in [2.05, 4.69) is 15.1 Å². The molecule has 2 aromatic rings.